The maximum absolute atomic E-state index is 11.8. The van der Waals surface area contributed by atoms with Gasteiger partial charge in [0.05, 0.1) is 12.2 Å². The highest BCUT2D eigenvalue weighted by Gasteiger charge is 2.17. The summed E-state index contributed by atoms with van der Waals surface area (Å²) in [4.78, 5) is 23.4. The summed E-state index contributed by atoms with van der Waals surface area (Å²) in [5.74, 6) is -0.592. The number of carbonyl (C=O) groups excluding carboxylic acids is 2. The van der Waals surface area contributed by atoms with Crippen LogP contribution in [0, 0.1) is 0 Å². The van der Waals surface area contributed by atoms with Crippen LogP contribution in [0.2, 0.25) is 0 Å². The van der Waals surface area contributed by atoms with Gasteiger partial charge < -0.3 is 15.8 Å². The maximum Gasteiger partial charge on any atom is 0.341 e. The first-order valence-corrected chi connectivity index (χ1v) is 7.26. The van der Waals surface area contributed by atoms with Gasteiger partial charge in [0.25, 0.3) is 0 Å². The third-order valence-corrected chi connectivity index (χ3v) is 3.35. The van der Waals surface area contributed by atoms with Crippen LogP contribution in [-0.2, 0) is 9.53 Å². The third kappa shape index (κ3) is 5.00. The quantitative estimate of drug-likeness (QED) is 0.753. The van der Waals surface area contributed by atoms with Crippen molar-refractivity contribution >= 4 is 28.2 Å². The number of hydrogen-bond acceptors (Lipinski definition) is 5. The second kappa shape index (κ2) is 7.91. The van der Waals surface area contributed by atoms with E-state index in [0.29, 0.717) is 17.2 Å². The monoisotopic (exact) mass is 284 g/mol. The number of rotatable bonds is 7. The largest absolute Gasteiger partial charge is 0.462 e. The van der Waals surface area contributed by atoms with Gasteiger partial charge in [0.1, 0.15) is 5.00 Å². The second-order valence-corrected chi connectivity index (χ2v) is 5.10. The van der Waals surface area contributed by atoms with Gasteiger partial charge >= 0.3 is 5.97 Å². The molecule has 1 atom stereocenters. The molecule has 1 rings (SSSR count). The van der Waals surface area contributed by atoms with Crippen molar-refractivity contribution in [2.75, 3.05) is 11.9 Å². The van der Waals surface area contributed by atoms with Crippen LogP contribution in [0.4, 0.5) is 5.00 Å². The van der Waals surface area contributed by atoms with Crippen molar-refractivity contribution in [1.29, 1.82) is 0 Å². The lowest BCUT2D eigenvalue weighted by Crippen LogP contribution is -2.27. The van der Waals surface area contributed by atoms with Gasteiger partial charge in [-0.1, -0.05) is 13.3 Å². The molecule has 6 heteroatoms. The van der Waals surface area contributed by atoms with Gasteiger partial charge in [-0.3, -0.25) is 4.79 Å². The number of hydrogen-bond donors (Lipinski definition) is 2. The molecule has 1 aromatic rings. The van der Waals surface area contributed by atoms with Crippen molar-refractivity contribution in [2.45, 2.75) is 39.2 Å². The molecule has 0 radical (unpaired) electrons. The number of carbonyl (C=O) groups is 2. The Kier molecular flexibility index (Phi) is 6.52. The SMILES string of the molecule is CCCC(N)CC(=O)Nc1sccc1C(=O)OCC. The molecular formula is C13H20N2O3S. The molecule has 1 amide bonds. The average molecular weight is 284 g/mol. The van der Waals surface area contributed by atoms with Crippen molar-refractivity contribution in [2.24, 2.45) is 5.73 Å². The fourth-order valence-corrected chi connectivity index (χ4v) is 2.46. The fourth-order valence-electron chi connectivity index (χ4n) is 1.66. The summed E-state index contributed by atoms with van der Waals surface area (Å²) < 4.78 is 4.92. The Bertz CT molecular complexity index is 431. The van der Waals surface area contributed by atoms with E-state index in [0.717, 1.165) is 12.8 Å². The normalized spacial score (nSPS) is 11.9. The molecular weight excluding hydrogens is 264 g/mol. The molecule has 19 heavy (non-hydrogen) atoms. The van der Waals surface area contributed by atoms with E-state index in [1.165, 1.54) is 11.3 Å². The van der Waals surface area contributed by atoms with Gasteiger partial charge in [-0.2, -0.15) is 0 Å². The summed E-state index contributed by atoms with van der Waals surface area (Å²) in [6.07, 6.45) is 2.01. The van der Waals surface area contributed by atoms with Gasteiger partial charge in [-0.25, -0.2) is 4.79 Å². The lowest BCUT2D eigenvalue weighted by Gasteiger charge is -2.10. The Hall–Kier alpha value is -1.40. The first-order chi connectivity index (χ1) is 9.08. The molecule has 0 saturated heterocycles. The van der Waals surface area contributed by atoms with Crippen LogP contribution in [0.5, 0.6) is 0 Å². The number of amides is 1. The Morgan fingerprint density at radius 1 is 1.47 bits per heavy atom. The van der Waals surface area contributed by atoms with Crippen molar-refractivity contribution in [3.05, 3.63) is 17.0 Å². The molecule has 1 heterocycles. The second-order valence-electron chi connectivity index (χ2n) is 4.18. The van der Waals surface area contributed by atoms with E-state index < -0.39 is 5.97 Å². The average Bonchev–Trinajstić information content (AvgIpc) is 2.77. The van der Waals surface area contributed by atoms with Crippen LogP contribution in [0.25, 0.3) is 0 Å². The topological polar surface area (TPSA) is 81.4 Å². The van der Waals surface area contributed by atoms with Gasteiger partial charge in [-0.15, -0.1) is 11.3 Å². The molecule has 0 aliphatic carbocycles. The van der Waals surface area contributed by atoms with E-state index in [-0.39, 0.29) is 18.4 Å². The lowest BCUT2D eigenvalue weighted by atomic mass is 10.1. The Morgan fingerprint density at radius 2 is 2.21 bits per heavy atom. The highest BCUT2D eigenvalue weighted by atomic mass is 32.1. The predicted molar refractivity (Wildman–Crippen MR) is 76.4 cm³/mol. The van der Waals surface area contributed by atoms with Crippen molar-refractivity contribution in [1.82, 2.24) is 0 Å². The summed E-state index contributed by atoms with van der Waals surface area (Å²) in [7, 11) is 0. The highest BCUT2D eigenvalue weighted by molar-refractivity contribution is 7.14. The highest BCUT2D eigenvalue weighted by Crippen LogP contribution is 2.24. The summed E-state index contributed by atoms with van der Waals surface area (Å²) >= 11 is 1.30. The molecule has 5 nitrogen and oxygen atoms in total. The van der Waals surface area contributed by atoms with E-state index in [1.54, 1.807) is 18.4 Å². The van der Waals surface area contributed by atoms with Crippen molar-refractivity contribution in [3.8, 4) is 0 Å². The van der Waals surface area contributed by atoms with E-state index in [2.05, 4.69) is 5.32 Å². The summed E-state index contributed by atoms with van der Waals surface area (Å²) in [5.41, 5.74) is 6.20. The van der Waals surface area contributed by atoms with E-state index >= 15 is 0 Å². The van der Waals surface area contributed by atoms with Crippen LogP contribution in [-0.4, -0.2) is 24.5 Å². The number of ether oxygens (including phenoxy) is 1. The molecule has 0 bridgehead atoms. The van der Waals surface area contributed by atoms with Crippen LogP contribution < -0.4 is 11.1 Å². The standard InChI is InChI=1S/C13H20N2O3S/c1-3-5-9(14)8-11(16)15-12-10(6-7-19-12)13(17)18-4-2/h6-7,9H,3-5,8,14H2,1-2H3,(H,15,16). The van der Waals surface area contributed by atoms with E-state index in [1.807, 2.05) is 6.92 Å². The summed E-state index contributed by atoms with van der Waals surface area (Å²) in [5, 5.41) is 4.98. The minimum Gasteiger partial charge on any atom is -0.462 e. The van der Waals surface area contributed by atoms with Gasteiger partial charge in [0, 0.05) is 12.5 Å². The molecule has 0 aliphatic heterocycles. The Labute approximate surface area is 117 Å². The zero-order chi connectivity index (χ0) is 14.3. The number of esters is 1. The molecule has 0 fully saturated rings. The van der Waals surface area contributed by atoms with Crippen molar-refractivity contribution in [3.63, 3.8) is 0 Å². The van der Waals surface area contributed by atoms with Gasteiger partial charge in [-0.05, 0) is 24.8 Å². The van der Waals surface area contributed by atoms with Crippen LogP contribution in [0.3, 0.4) is 0 Å². The zero-order valence-electron chi connectivity index (χ0n) is 11.3. The number of nitrogens with one attached hydrogen (secondary N) is 1. The number of nitrogens with two attached hydrogens (primary N) is 1. The number of thiophene rings is 1. The molecule has 0 spiro atoms. The first-order valence-electron chi connectivity index (χ1n) is 6.38. The molecule has 1 unspecified atom stereocenters. The van der Waals surface area contributed by atoms with Crippen LogP contribution in [0.15, 0.2) is 11.4 Å². The third-order valence-electron chi connectivity index (χ3n) is 2.52. The van der Waals surface area contributed by atoms with E-state index in [4.69, 9.17) is 10.5 Å². The minimum atomic E-state index is -0.420. The smallest absolute Gasteiger partial charge is 0.341 e. The summed E-state index contributed by atoms with van der Waals surface area (Å²) in [6.45, 7) is 4.08. The van der Waals surface area contributed by atoms with E-state index in [9.17, 15) is 9.59 Å². The lowest BCUT2D eigenvalue weighted by molar-refractivity contribution is -0.116. The van der Waals surface area contributed by atoms with Gasteiger partial charge in [0.15, 0.2) is 0 Å². The first kappa shape index (κ1) is 15.7. The molecule has 0 aromatic carbocycles. The Morgan fingerprint density at radius 3 is 2.84 bits per heavy atom. The predicted octanol–water partition coefficient (Wildman–Crippen LogP) is 2.38. The minimum absolute atomic E-state index is 0.143. The Balaban J connectivity index is 2.60. The zero-order valence-corrected chi connectivity index (χ0v) is 12.1. The fraction of sp³-hybridized carbons (Fsp3) is 0.538. The molecule has 1 aromatic heterocycles. The molecule has 106 valence electrons. The molecule has 0 aliphatic rings. The maximum atomic E-state index is 11.8. The van der Waals surface area contributed by atoms with Gasteiger partial charge in [0.2, 0.25) is 5.91 Å². The van der Waals surface area contributed by atoms with Crippen LogP contribution in [0.1, 0.15) is 43.5 Å². The molecule has 3 N–H and O–H groups in total. The van der Waals surface area contributed by atoms with Crippen LogP contribution >= 0.6 is 11.3 Å². The van der Waals surface area contributed by atoms with Crippen molar-refractivity contribution < 1.29 is 14.3 Å². The summed E-state index contributed by atoms with van der Waals surface area (Å²) in [6, 6.07) is 1.50. The number of anilines is 1. The molecule has 0 saturated carbocycles.